The number of benzene rings is 2. The third kappa shape index (κ3) is 1.99. The van der Waals surface area contributed by atoms with E-state index >= 15 is 0 Å². The number of nitrogens with zero attached hydrogens (tertiary/aromatic N) is 1. The Hall–Kier alpha value is -2.82. The van der Waals surface area contributed by atoms with Crippen molar-refractivity contribution >= 4 is 17.1 Å². The van der Waals surface area contributed by atoms with Crippen molar-refractivity contribution in [3.05, 3.63) is 48.0 Å². The van der Waals surface area contributed by atoms with Crippen LogP contribution in [0.25, 0.3) is 22.6 Å². The van der Waals surface area contributed by atoms with Gasteiger partial charge in [-0.2, -0.15) is 0 Å². The van der Waals surface area contributed by atoms with E-state index in [1.165, 1.54) is 7.11 Å². The number of phenolic OH excluding ortho intramolecular Hbond substituents is 1. The molecule has 0 aliphatic heterocycles. The van der Waals surface area contributed by atoms with Gasteiger partial charge in [-0.15, -0.1) is 0 Å². The van der Waals surface area contributed by atoms with Gasteiger partial charge in [0, 0.05) is 5.56 Å². The van der Waals surface area contributed by atoms with Gasteiger partial charge in [-0.25, -0.2) is 9.78 Å². The van der Waals surface area contributed by atoms with Crippen molar-refractivity contribution < 1.29 is 19.1 Å². The molecule has 1 heterocycles. The molecule has 1 aromatic heterocycles. The second kappa shape index (κ2) is 4.70. The smallest absolute Gasteiger partial charge is 0.337 e. The van der Waals surface area contributed by atoms with Gasteiger partial charge in [-0.05, 0) is 36.4 Å². The van der Waals surface area contributed by atoms with E-state index < -0.39 is 5.97 Å². The number of rotatable bonds is 2. The monoisotopic (exact) mass is 269 g/mol. The largest absolute Gasteiger partial charge is 0.506 e. The van der Waals surface area contributed by atoms with Gasteiger partial charge in [0.1, 0.15) is 5.75 Å². The fourth-order valence-electron chi connectivity index (χ4n) is 1.92. The molecule has 0 spiro atoms. The van der Waals surface area contributed by atoms with Crippen LogP contribution in [0.5, 0.6) is 5.75 Å². The number of para-hydroxylation sites is 1. The maximum absolute atomic E-state index is 11.4. The van der Waals surface area contributed by atoms with Gasteiger partial charge in [0.2, 0.25) is 5.89 Å². The lowest BCUT2D eigenvalue weighted by Crippen LogP contribution is -2.00. The summed E-state index contributed by atoms with van der Waals surface area (Å²) in [5, 5.41) is 9.70. The van der Waals surface area contributed by atoms with Crippen LogP contribution in [0.4, 0.5) is 0 Å². The van der Waals surface area contributed by atoms with Crippen LogP contribution in [-0.2, 0) is 4.74 Å². The zero-order valence-corrected chi connectivity index (χ0v) is 10.7. The predicted molar refractivity (Wildman–Crippen MR) is 72.4 cm³/mol. The zero-order chi connectivity index (χ0) is 14.1. The van der Waals surface area contributed by atoms with E-state index in [1.807, 2.05) is 0 Å². The number of aromatic nitrogens is 1. The average Bonchev–Trinajstić information content (AvgIpc) is 2.92. The number of aromatic hydroxyl groups is 1. The number of ether oxygens (including phenoxy) is 1. The number of hydrogen-bond donors (Lipinski definition) is 1. The number of carbonyl (C=O) groups is 1. The first-order valence-corrected chi connectivity index (χ1v) is 5.96. The van der Waals surface area contributed by atoms with E-state index in [0.29, 0.717) is 28.1 Å². The van der Waals surface area contributed by atoms with Crippen LogP contribution in [0.3, 0.4) is 0 Å². The number of phenols is 1. The molecule has 5 heteroatoms. The summed E-state index contributed by atoms with van der Waals surface area (Å²) in [6, 6.07) is 11.7. The Morgan fingerprint density at radius 1 is 1.20 bits per heavy atom. The highest BCUT2D eigenvalue weighted by atomic mass is 16.5. The number of esters is 1. The highest BCUT2D eigenvalue weighted by Gasteiger charge is 2.12. The number of fused-ring (bicyclic) bond motifs is 1. The molecule has 3 aromatic rings. The predicted octanol–water partition coefficient (Wildman–Crippen LogP) is 2.99. The Balaban J connectivity index is 2.02. The first kappa shape index (κ1) is 12.2. The van der Waals surface area contributed by atoms with Gasteiger partial charge in [-0.1, -0.05) is 6.07 Å². The van der Waals surface area contributed by atoms with Crippen molar-refractivity contribution in [1.82, 2.24) is 4.98 Å². The molecule has 0 aliphatic carbocycles. The third-order valence-electron chi connectivity index (χ3n) is 2.95. The van der Waals surface area contributed by atoms with Crippen molar-refractivity contribution in [3.63, 3.8) is 0 Å². The van der Waals surface area contributed by atoms with Gasteiger partial charge in [0.15, 0.2) is 11.1 Å². The molecule has 0 aliphatic rings. The highest BCUT2D eigenvalue weighted by Crippen LogP contribution is 2.29. The highest BCUT2D eigenvalue weighted by molar-refractivity contribution is 5.90. The molecular formula is C15H11NO4. The lowest BCUT2D eigenvalue weighted by atomic mass is 10.1. The van der Waals surface area contributed by atoms with Crippen molar-refractivity contribution in [3.8, 4) is 17.2 Å². The topological polar surface area (TPSA) is 72.6 Å². The molecule has 1 N–H and O–H groups in total. The summed E-state index contributed by atoms with van der Waals surface area (Å²) in [4.78, 5) is 15.6. The lowest BCUT2D eigenvalue weighted by molar-refractivity contribution is 0.0600. The maximum Gasteiger partial charge on any atom is 0.337 e. The third-order valence-corrected chi connectivity index (χ3v) is 2.95. The van der Waals surface area contributed by atoms with E-state index in [1.54, 1.807) is 42.5 Å². The first-order valence-electron chi connectivity index (χ1n) is 5.96. The molecule has 100 valence electrons. The summed E-state index contributed by atoms with van der Waals surface area (Å²) in [7, 11) is 1.33. The molecule has 0 saturated carbocycles. The van der Waals surface area contributed by atoms with Gasteiger partial charge >= 0.3 is 5.97 Å². The molecular weight excluding hydrogens is 258 g/mol. The maximum atomic E-state index is 11.4. The molecule has 5 nitrogen and oxygen atoms in total. The molecule has 0 saturated heterocycles. The minimum absolute atomic E-state index is 0.0729. The quantitative estimate of drug-likeness (QED) is 0.724. The molecule has 2 aromatic carbocycles. The van der Waals surface area contributed by atoms with Crippen LogP contribution in [-0.4, -0.2) is 23.2 Å². The van der Waals surface area contributed by atoms with Crippen LogP contribution in [0.15, 0.2) is 46.9 Å². The SMILES string of the molecule is COC(=O)c1ccc(-c2nc3c(O)cccc3o2)cc1. The van der Waals surface area contributed by atoms with Gasteiger partial charge in [0.25, 0.3) is 0 Å². The Labute approximate surface area is 114 Å². The second-order valence-electron chi connectivity index (χ2n) is 4.21. The Bertz CT molecular complexity index is 774. The molecule has 0 unspecified atom stereocenters. The molecule has 3 rings (SSSR count). The van der Waals surface area contributed by atoms with Crippen LogP contribution >= 0.6 is 0 Å². The van der Waals surface area contributed by atoms with Crippen molar-refractivity contribution in [2.75, 3.05) is 7.11 Å². The summed E-state index contributed by atoms with van der Waals surface area (Å²) in [5.41, 5.74) is 2.10. The van der Waals surface area contributed by atoms with Gasteiger partial charge in [0.05, 0.1) is 12.7 Å². The standard InChI is InChI=1S/C15H11NO4/c1-19-15(18)10-7-5-9(6-8-10)14-16-13-11(17)3-2-4-12(13)20-14/h2-8,17H,1H3. The average molecular weight is 269 g/mol. The minimum atomic E-state index is -0.397. The van der Waals surface area contributed by atoms with E-state index in [4.69, 9.17) is 4.42 Å². The second-order valence-corrected chi connectivity index (χ2v) is 4.21. The van der Waals surface area contributed by atoms with Gasteiger partial charge < -0.3 is 14.3 Å². The summed E-state index contributed by atoms with van der Waals surface area (Å²) >= 11 is 0. The fraction of sp³-hybridized carbons (Fsp3) is 0.0667. The fourth-order valence-corrected chi connectivity index (χ4v) is 1.92. The van der Waals surface area contributed by atoms with E-state index in [-0.39, 0.29) is 5.75 Å². The zero-order valence-electron chi connectivity index (χ0n) is 10.7. The summed E-state index contributed by atoms with van der Waals surface area (Å²) in [6.07, 6.45) is 0. The first-order chi connectivity index (χ1) is 9.69. The Kier molecular flexibility index (Phi) is 2.87. The van der Waals surface area contributed by atoms with Crippen molar-refractivity contribution in [2.45, 2.75) is 0 Å². The number of oxazole rings is 1. The van der Waals surface area contributed by atoms with Crippen LogP contribution in [0.2, 0.25) is 0 Å². The van der Waals surface area contributed by atoms with E-state index in [0.717, 1.165) is 0 Å². The molecule has 0 amide bonds. The van der Waals surface area contributed by atoms with Gasteiger partial charge in [-0.3, -0.25) is 0 Å². The molecule has 0 atom stereocenters. The Morgan fingerprint density at radius 3 is 2.60 bits per heavy atom. The van der Waals surface area contributed by atoms with E-state index in [9.17, 15) is 9.90 Å². The number of hydrogen-bond acceptors (Lipinski definition) is 5. The summed E-state index contributed by atoms with van der Waals surface area (Å²) < 4.78 is 10.2. The summed E-state index contributed by atoms with van der Waals surface area (Å²) in [6.45, 7) is 0. The van der Waals surface area contributed by atoms with Crippen LogP contribution in [0.1, 0.15) is 10.4 Å². The number of methoxy groups -OCH3 is 1. The number of carbonyl (C=O) groups excluding carboxylic acids is 1. The lowest BCUT2D eigenvalue weighted by Gasteiger charge is -1.99. The Morgan fingerprint density at radius 2 is 1.95 bits per heavy atom. The van der Waals surface area contributed by atoms with Crippen molar-refractivity contribution in [2.24, 2.45) is 0 Å². The minimum Gasteiger partial charge on any atom is -0.506 e. The van der Waals surface area contributed by atoms with Crippen molar-refractivity contribution in [1.29, 1.82) is 0 Å². The molecule has 0 fully saturated rings. The molecule has 0 bridgehead atoms. The van der Waals surface area contributed by atoms with E-state index in [2.05, 4.69) is 9.72 Å². The normalized spacial score (nSPS) is 10.7. The van der Waals surface area contributed by atoms with Crippen LogP contribution < -0.4 is 0 Å². The molecule has 20 heavy (non-hydrogen) atoms. The summed E-state index contributed by atoms with van der Waals surface area (Å²) in [5.74, 6) is 0.0633. The van der Waals surface area contributed by atoms with Crippen LogP contribution in [0, 0.1) is 0 Å². The molecule has 0 radical (unpaired) electrons.